The van der Waals surface area contributed by atoms with Gasteiger partial charge < -0.3 is 10.2 Å². The molecule has 0 saturated carbocycles. The molecule has 1 aromatic rings. The van der Waals surface area contributed by atoms with Crippen LogP contribution in [0.4, 0.5) is 0 Å². The number of amides is 2. The van der Waals surface area contributed by atoms with Gasteiger partial charge in [0.25, 0.3) is 5.91 Å². The Hall–Kier alpha value is -2.35. The Bertz CT molecular complexity index is 560. The van der Waals surface area contributed by atoms with Crippen molar-refractivity contribution in [2.24, 2.45) is 0 Å². The molecule has 1 heterocycles. The molecule has 0 aliphatic carbocycles. The van der Waals surface area contributed by atoms with E-state index in [0.29, 0.717) is 30.6 Å². The third-order valence-corrected chi connectivity index (χ3v) is 3.83. The number of hydrogen-bond acceptors (Lipinski definition) is 3. The number of rotatable bonds is 1. The molecule has 0 atom stereocenters. The molecule has 0 spiro atoms. The molecule has 22 heavy (non-hydrogen) atoms. The van der Waals surface area contributed by atoms with Crippen molar-refractivity contribution in [3.63, 3.8) is 0 Å². The van der Waals surface area contributed by atoms with Gasteiger partial charge in [-0.05, 0) is 37.1 Å². The van der Waals surface area contributed by atoms with Crippen LogP contribution in [0.3, 0.4) is 0 Å². The normalized spacial score (nSPS) is 17.0. The summed E-state index contributed by atoms with van der Waals surface area (Å²) in [5, 5.41) is 11.7. The highest BCUT2D eigenvalue weighted by atomic mass is 16.2. The molecular formula is C17H21N3O2. The maximum absolute atomic E-state index is 12.6. The van der Waals surface area contributed by atoms with Crippen molar-refractivity contribution in [1.29, 1.82) is 5.26 Å². The highest BCUT2D eigenvalue weighted by Gasteiger charge is 2.17. The quantitative estimate of drug-likeness (QED) is 0.863. The van der Waals surface area contributed by atoms with Gasteiger partial charge in [-0.2, -0.15) is 5.26 Å². The van der Waals surface area contributed by atoms with Gasteiger partial charge in [0.05, 0.1) is 11.6 Å². The summed E-state index contributed by atoms with van der Waals surface area (Å²) < 4.78 is 0. The van der Waals surface area contributed by atoms with Gasteiger partial charge in [-0.15, -0.1) is 0 Å². The van der Waals surface area contributed by atoms with E-state index in [9.17, 15) is 9.59 Å². The van der Waals surface area contributed by atoms with Crippen molar-refractivity contribution in [1.82, 2.24) is 10.2 Å². The van der Waals surface area contributed by atoms with Gasteiger partial charge in [0.2, 0.25) is 5.91 Å². The maximum atomic E-state index is 12.6. The van der Waals surface area contributed by atoms with Crippen molar-refractivity contribution < 1.29 is 9.59 Å². The molecule has 0 unspecified atom stereocenters. The molecule has 1 aromatic carbocycles. The number of nitrogens with zero attached hydrogens (tertiary/aromatic N) is 2. The highest BCUT2D eigenvalue weighted by Crippen LogP contribution is 2.11. The van der Waals surface area contributed by atoms with Crippen LogP contribution < -0.4 is 5.32 Å². The molecule has 0 aromatic heterocycles. The Morgan fingerprint density at radius 1 is 1.09 bits per heavy atom. The molecule has 5 nitrogen and oxygen atoms in total. The molecule has 2 amide bonds. The zero-order valence-corrected chi connectivity index (χ0v) is 12.7. The fourth-order valence-corrected chi connectivity index (χ4v) is 2.52. The molecule has 1 aliphatic heterocycles. The van der Waals surface area contributed by atoms with Gasteiger partial charge in [0.1, 0.15) is 0 Å². The summed E-state index contributed by atoms with van der Waals surface area (Å²) in [6, 6.07) is 8.68. The van der Waals surface area contributed by atoms with Gasteiger partial charge >= 0.3 is 0 Å². The molecule has 0 radical (unpaired) electrons. The van der Waals surface area contributed by atoms with Crippen LogP contribution in [0.5, 0.6) is 0 Å². The number of nitriles is 1. The molecule has 1 saturated heterocycles. The Morgan fingerprint density at radius 3 is 2.55 bits per heavy atom. The van der Waals surface area contributed by atoms with E-state index in [-0.39, 0.29) is 11.8 Å². The second kappa shape index (κ2) is 8.18. The summed E-state index contributed by atoms with van der Waals surface area (Å²) >= 11 is 0. The van der Waals surface area contributed by atoms with E-state index in [1.165, 1.54) is 0 Å². The Kier molecular flexibility index (Phi) is 5.96. The molecule has 1 fully saturated rings. The van der Waals surface area contributed by atoms with E-state index < -0.39 is 0 Å². The zero-order valence-electron chi connectivity index (χ0n) is 12.7. The number of benzene rings is 1. The van der Waals surface area contributed by atoms with E-state index in [2.05, 4.69) is 5.32 Å². The number of carbonyl (C=O) groups is 2. The van der Waals surface area contributed by atoms with E-state index in [1.807, 2.05) is 6.07 Å². The third-order valence-electron chi connectivity index (χ3n) is 3.83. The highest BCUT2D eigenvalue weighted by molar-refractivity contribution is 5.94. The van der Waals surface area contributed by atoms with Crippen molar-refractivity contribution in [3.05, 3.63) is 35.4 Å². The van der Waals surface area contributed by atoms with Crippen molar-refractivity contribution in [2.45, 2.75) is 32.1 Å². The second-order valence-corrected chi connectivity index (χ2v) is 5.50. The van der Waals surface area contributed by atoms with Crippen LogP contribution in [0, 0.1) is 11.3 Å². The van der Waals surface area contributed by atoms with Gasteiger partial charge in [-0.3, -0.25) is 9.59 Å². The molecule has 1 aliphatic rings. The van der Waals surface area contributed by atoms with Crippen LogP contribution >= 0.6 is 0 Å². The average molecular weight is 299 g/mol. The van der Waals surface area contributed by atoms with Gasteiger partial charge in [-0.25, -0.2) is 0 Å². The van der Waals surface area contributed by atoms with Gasteiger partial charge in [-0.1, -0.05) is 12.8 Å². The number of nitrogens with one attached hydrogen (secondary N) is 1. The summed E-state index contributed by atoms with van der Waals surface area (Å²) in [6.45, 7) is 1.83. The number of carbonyl (C=O) groups excluding carboxylic acids is 2. The predicted octanol–water partition coefficient (Wildman–Crippen LogP) is 2.08. The Balaban J connectivity index is 2.05. The predicted molar refractivity (Wildman–Crippen MR) is 83.2 cm³/mol. The Morgan fingerprint density at radius 2 is 1.82 bits per heavy atom. The maximum Gasteiger partial charge on any atom is 0.253 e. The van der Waals surface area contributed by atoms with Gasteiger partial charge in [0, 0.05) is 31.6 Å². The first-order valence-corrected chi connectivity index (χ1v) is 7.77. The lowest BCUT2D eigenvalue weighted by atomic mass is 10.1. The monoisotopic (exact) mass is 299 g/mol. The number of hydrogen-bond donors (Lipinski definition) is 1. The van der Waals surface area contributed by atoms with Crippen LogP contribution in [-0.4, -0.2) is 36.3 Å². The van der Waals surface area contributed by atoms with Gasteiger partial charge in [0.15, 0.2) is 0 Å². The first kappa shape index (κ1) is 16.0. The summed E-state index contributed by atoms with van der Waals surface area (Å²) in [6.07, 6.45) is 4.42. The minimum absolute atomic E-state index is 0.000437. The summed E-state index contributed by atoms with van der Waals surface area (Å²) in [5.41, 5.74) is 1.10. The summed E-state index contributed by atoms with van der Waals surface area (Å²) in [7, 11) is 0. The fraction of sp³-hybridized carbons (Fsp3) is 0.471. The lowest BCUT2D eigenvalue weighted by Crippen LogP contribution is -2.35. The minimum Gasteiger partial charge on any atom is -0.356 e. The van der Waals surface area contributed by atoms with Crippen molar-refractivity contribution in [3.8, 4) is 6.07 Å². The molecule has 5 heteroatoms. The van der Waals surface area contributed by atoms with E-state index in [0.717, 1.165) is 32.2 Å². The smallest absolute Gasteiger partial charge is 0.253 e. The van der Waals surface area contributed by atoms with Crippen molar-refractivity contribution >= 4 is 11.8 Å². The van der Waals surface area contributed by atoms with E-state index in [4.69, 9.17) is 5.26 Å². The minimum atomic E-state index is -0.0727. The largest absolute Gasteiger partial charge is 0.356 e. The molecule has 1 N–H and O–H groups in total. The van der Waals surface area contributed by atoms with Crippen LogP contribution in [0.1, 0.15) is 48.0 Å². The Labute approximate surface area is 130 Å². The summed E-state index contributed by atoms with van der Waals surface area (Å²) in [4.78, 5) is 26.0. The van der Waals surface area contributed by atoms with E-state index in [1.54, 1.807) is 29.2 Å². The van der Waals surface area contributed by atoms with Crippen molar-refractivity contribution in [2.75, 3.05) is 19.6 Å². The molecule has 0 bridgehead atoms. The van der Waals surface area contributed by atoms with Crippen LogP contribution in [0.15, 0.2) is 24.3 Å². The van der Waals surface area contributed by atoms with E-state index >= 15 is 0 Å². The molecule has 2 rings (SSSR count). The lowest BCUT2D eigenvalue weighted by Gasteiger charge is -2.22. The van der Waals surface area contributed by atoms with Crippen LogP contribution in [-0.2, 0) is 4.79 Å². The first-order valence-electron chi connectivity index (χ1n) is 7.77. The standard InChI is InChI=1S/C17H21N3O2/c18-13-14-5-7-15(8-6-14)17(22)20-11-4-2-1-3-10-19-16(21)9-12-20/h5-8H,1-4,9-12H2,(H,19,21). The van der Waals surface area contributed by atoms with Crippen LogP contribution in [0.2, 0.25) is 0 Å². The topological polar surface area (TPSA) is 73.2 Å². The molecular weight excluding hydrogens is 278 g/mol. The second-order valence-electron chi connectivity index (χ2n) is 5.50. The molecule has 116 valence electrons. The van der Waals surface area contributed by atoms with Crippen LogP contribution in [0.25, 0.3) is 0 Å². The lowest BCUT2D eigenvalue weighted by molar-refractivity contribution is -0.121. The average Bonchev–Trinajstić information content (AvgIpc) is 2.60. The summed E-state index contributed by atoms with van der Waals surface area (Å²) in [5.74, 6) is -0.0731. The zero-order chi connectivity index (χ0) is 15.8. The SMILES string of the molecule is N#Cc1ccc(C(=O)N2CCCCCCNC(=O)CC2)cc1. The third kappa shape index (κ3) is 4.59. The fourth-order valence-electron chi connectivity index (χ4n) is 2.52. The first-order chi connectivity index (χ1) is 10.7.